The Bertz CT molecular complexity index is 383. The van der Waals surface area contributed by atoms with E-state index in [-0.39, 0.29) is 10.2 Å². The number of nitrogens with zero attached hydrogens (tertiary/aromatic N) is 1. The molecule has 0 aromatic heterocycles. The highest BCUT2D eigenvalue weighted by Crippen LogP contribution is 2.34. The molecule has 0 heterocycles. The summed E-state index contributed by atoms with van der Waals surface area (Å²) in [5.41, 5.74) is 9.08. The van der Waals surface area contributed by atoms with Crippen molar-refractivity contribution in [1.82, 2.24) is 0 Å². The number of benzene rings is 1. The Morgan fingerprint density at radius 3 is 2.46 bits per heavy atom. The van der Waals surface area contributed by atoms with Gasteiger partial charge in [0.15, 0.2) is 5.82 Å². The predicted molar refractivity (Wildman–Crippen MR) is 49.6 cm³/mol. The molecule has 0 aliphatic rings. The molecule has 70 valence electrons. The van der Waals surface area contributed by atoms with Crippen molar-refractivity contribution in [2.24, 2.45) is 0 Å². The van der Waals surface area contributed by atoms with Gasteiger partial charge in [0.25, 0.3) is 5.69 Å². The first-order valence-corrected chi connectivity index (χ1v) is 3.91. The third-order valence-electron chi connectivity index (χ3n) is 1.47. The van der Waals surface area contributed by atoms with Crippen LogP contribution in [0.4, 0.5) is 21.5 Å². The third kappa shape index (κ3) is 1.55. The minimum absolute atomic E-state index is 0.117. The minimum atomic E-state index is -0.971. The van der Waals surface area contributed by atoms with Gasteiger partial charge in [-0.3, -0.25) is 10.1 Å². The van der Waals surface area contributed by atoms with Gasteiger partial charge in [0.05, 0.1) is 15.1 Å². The smallest absolute Gasteiger partial charge is 0.296 e. The standard InChI is InChI=1S/C6H5BrFN3O2/c7-2-1-3(11(12)13)6(10)4(8)5(2)9/h1H,9-10H2. The summed E-state index contributed by atoms with van der Waals surface area (Å²) >= 11 is 2.87. The first-order chi connectivity index (χ1) is 5.95. The summed E-state index contributed by atoms with van der Waals surface area (Å²) in [4.78, 5) is 9.56. The highest BCUT2D eigenvalue weighted by Gasteiger charge is 2.20. The van der Waals surface area contributed by atoms with Gasteiger partial charge in [0.2, 0.25) is 0 Å². The van der Waals surface area contributed by atoms with E-state index in [1.807, 2.05) is 0 Å². The van der Waals surface area contributed by atoms with Crippen molar-refractivity contribution < 1.29 is 9.31 Å². The fraction of sp³-hybridized carbons (Fsp3) is 0. The molecule has 0 fully saturated rings. The van der Waals surface area contributed by atoms with E-state index in [2.05, 4.69) is 15.9 Å². The van der Waals surface area contributed by atoms with Gasteiger partial charge in [-0.1, -0.05) is 0 Å². The molecule has 0 spiro atoms. The minimum Gasteiger partial charge on any atom is -0.395 e. The van der Waals surface area contributed by atoms with Crippen molar-refractivity contribution in [2.75, 3.05) is 11.5 Å². The molecule has 0 saturated carbocycles. The Morgan fingerprint density at radius 2 is 2.00 bits per heavy atom. The number of hydrogen-bond donors (Lipinski definition) is 2. The zero-order valence-electron chi connectivity index (χ0n) is 6.25. The molecule has 0 aliphatic carbocycles. The van der Waals surface area contributed by atoms with Crippen LogP contribution in [0.3, 0.4) is 0 Å². The monoisotopic (exact) mass is 249 g/mol. The topological polar surface area (TPSA) is 95.2 Å². The Balaban J connectivity index is 3.50. The van der Waals surface area contributed by atoms with E-state index in [0.29, 0.717) is 0 Å². The highest BCUT2D eigenvalue weighted by molar-refractivity contribution is 9.10. The van der Waals surface area contributed by atoms with E-state index in [4.69, 9.17) is 11.5 Å². The number of hydrogen-bond acceptors (Lipinski definition) is 4. The second kappa shape index (κ2) is 3.17. The molecule has 0 atom stereocenters. The lowest BCUT2D eigenvalue weighted by atomic mass is 10.2. The molecule has 0 radical (unpaired) electrons. The lowest BCUT2D eigenvalue weighted by molar-refractivity contribution is -0.384. The van der Waals surface area contributed by atoms with E-state index >= 15 is 0 Å². The Kier molecular flexibility index (Phi) is 2.37. The normalized spacial score (nSPS) is 10.0. The summed E-state index contributed by atoms with van der Waals surface area (Å²) in [6.45, 7) is 0. The van der Waals surface area contributed by atoms with Crippen LogP contribution in [0, 0.1) is 15.9 Å². The lowest BCUT2D eigenvalue weighted by Gasteiger charge is -2.03. The van der Waals surface area contributed by atoms with Gasteiger partial charge in [0.1, 0.15) is 5.69 Å². The van der Waals surface area contributed by atoms with Crippen LogP contribution in [-0.2, 0) is 0 Å². The molecular formula is C6H5BrFN3O2. The SMILES string of the molecule is Nc1c(Br)cc([N+](=O)[O-])c(N)c1F. The molecule has 0 saturated heterocycles. The van der Waals surface area contributed by atoms with Gasteiger partial charge in [-0.15, -0.1) is 0 Å². The second-order valence-electron chi connectivity index (χ2n) is 2.28. The summed E-state index contributed by atoms with van der Waals surface area (Å²) < 4.78 is 13.1. The van der Waals surface area contributed by atoms with E-state index < -0.39 is 22.1 Å². The molecule has 0 unspecified atom stereocenters. The van der Waals surface area contributed by atoms with Crippen LogP contribution in [0.15, 0.2) is 10.5 Å². The van der Waals surface area contributed by atoms with Gasteiger partial charge < -0.3 is 11.5 Å². The van der Waals surface area contributed by atoms with E-state index in [1.165, 1.54) is 0 Å². The number of nitrogen functional groups attached to an aromatic ring is 2. The molecule has 13 heavy (non-hydrogen) atoms. The van der Waals surface area contributed by atoms with E-state index in [9.17, 15) is 14.5 Å². The van der Waals surface area contributed by atoms with Crippen molar-refractivity contribution in [2.45, 2.75) is 0 Å². The Labute approximate surface area is 80.8 Å². The largest absolute Gasteiger partial charge is 0.395 e. The van der Waals surface area contributed by atoms with Crippen molar-refractivity contribution in [3.63, 3.8) is 0 Å². The van der Waals surface area contributed by atoms with Gasteiger partial charge in [0, 0.05) is 6.07 Å². The van der Waals surface area contributed by atoms with Gasteiger partial charge in [-0.25, -0.2) is 4.39 Å². The van der Waals surface area contributed by atoms with Gasteiger partial charge in [-0.05, 0) is 15.9 Å². The number of anilines is 2. The molecule has 7 heteroatoms. The molecule has 1 aromatic carbocycles. The van der Waals surface area contributed by atoms with Crippen molar-refractivity contribution in [3.05, 3.63) is 26.5 Å². The van der Waals surface area contributed by atoms with E-state index in [1.54, 1.807) is 0 Å². The number of rotatable bonds is 1. The fourth-order valence-corrected chi connectivity index (χ4v) is 1.18. The fourth-order valence-electron chi connectivity index (χ4n) is 0.789. The molecular weight excluding hydrogens is 245 g/mol. The van der Waals surface area contributed by atoms with Crippen LogP contribution in [0.25, 0.3) is 0 Å². The summed E-state index contributed by atoms with van der Waals surface area (Å²) in [5.74, 6) is -0.971. The average Bonchev–Trinajstić information content (AvgIpc) is 2.07. The quantitative estimate of drug-likeness (QED) is 0.450. The third-order valence-corrected chi connectivity index (χ3v) is 2.12. The maximum absolute atomic E-state index is 13.0. The van der Waals surface area contributed by atoms with Crippen molar-refractivity contribution >= 4 is 33.0 Å². The van der Waals surface area contributed by atoms with Gasteiger partial charge >= 0.3 is 0 Å². The number of nitro benzene ring substituents is 1. The molecule has 1 aromatic rings. The number of halogens is 2. The number of nitro groups is 1. The zero-order chi connectivity index (χ0) is 10.2. The maximum Gasteiger partial charge on any atom is 0.296 e. The molecule has 0 bridgehead atoms. The lowest BCUT2D eigenvalue weighted by Crippen LogP contribution is -2.02. The maximum atomic E-state index is 13.0. The van der Waals surface area contributed by atoms with Crippen LogP contribution in [0.1, 0.15) is 0 Å². The first kappa shape index (κ1) is 9.72. The Morgan fingerprint density at radius 1 is 1.46 bits per heavy atom. The first-order valence-electron chi connectivity index (χ1n) is 3.12. The van der Waals surface area contributed by atoms with Crippen LogP contribution >= 0.6 is 15.9 Å². The highest BCUT2D eigenvalue weighted by atomic mass is 79.9. The van der Waals surface area contributed by atoms with Crippen LogP contribution < -0.4 is 11.5 Å². The molecule has 5 nitrogen and oxygen atoms in total. The summed E-state index contributed by atoms with van der Waals surface area (Å²) in [6.07, 6.45) is 0. The van der Waals surface area contributed by atoms with Crippen molar-refractivity contribution in [1.29, 1.82) is 0 Å². The van der Waals surface area contributed by atoms with Crippen molar-refractivity contribution in [3.8, 4) is 0 Å². The van der Waals surface area contributed by atoms with E-state index in [0.717, 1.165) is 6.07 Å². The predicted octanol–water partition coefficient (Wildman–Crippen LogP) is 1.66. The summed E-state index contributed by atoms with van der Waals surface area (Å²) in [7, 11) is 0. The Hall–Kier alpha value is -1.37. The molecule has 4 N–H and O–H groups in total. The van der Waals surface area contributed by atoms with Gasteiger partial charge in [-0.2, -0.15) is 0 Å². The summed E-state index contributed by atoms with van der Waals surface area (Å²) in [6, 6.07) is 1.06. The zero-order valence-corrected chi connectivity index (χ0v) is 7.84. The summed E-state index contributed by atoms with van der Waals surface area (Å²) in [5, 5.41) is 10.3. The molecule has 0 aliphatic heterocycles. The number of nitrogens with two attached hydrogens (primary N) is 2. The molecule has 1 rings (SSSR count). The van der Waals surface area contributed by atoms with Crippen LogP contribution in [0.5, 0.6) is 0 Å². The molecule has 0 amide bonds. The average molecular weight is 250 g/mol. The van der Waals surface area contributed by atoms with Crippen LogP contribution in [0.2, 0.25) is 0 Å². The second-order valence-corrected chi connectivity index (χ2v) is 3.13. The van der Waals surface area contributed by atoms with Crippen LogP contribution in [-0.4, -0.2) is 4.92 Å².